The summed E-state index contributed by atoms with van der Waals surface area (Å²) in [7, 11) is -0.698. The van der Waals surface area contributed by atoms with Crippen molar-refractivity contribution in [3.05, 3.63) is 23.5 Å². The number of aryl methyl sites for hydroxylation is 1. The Hall–Kier alpha value is -1.93. The molecule has 1 aromatic carbocycles. The number of amides is 1. The molecule has 0 aliphatic rings. The zero-order valence-electron chi connectivity index (χ0n) is 19.1. The van der Waals surface area contributed by atoms with Crippen molar-refractivity contribution in [1.29, 1.82) is 0 Å². The number of phenolic OH excluding ortho intramolecular Hbond substituents is 1. The Labute approximate surface area is 177 Å². The summed E-state index contributed by atoms with van der Waals surface area (Å²) in [5.41, 5.74) is -0.455. The number of phosphoric ester groups is 1. The molecule has 1 amide bonds. The quantitative estimate of drug-likeness (QED) is 0.660. The number of rotatable bonds is 6. The van der Waals surface area contributed by atoms with E-state index < -0.39 is 19.0 Å². The molecule has 2 aromatic rings. The van der Waals surface area contributed by atoms with Gasteiger partial charge in [-0.3, -0.25) is 18.4 Å². The largest absolute Gasteiger partial charge is 0.506 e. The van der Waals surface area contributed by atoms with Gasteiger partial charge in [0.05, 0.1) is 16.7 Å². The van der Waals surface area contributed by atoms with Crippen molar-refractivity contribution in [3.8, 4) is 5.75 Å². The molecule has 0 unspecified atom stereocenters. The zero-order valence-corrected chi connectivity index (χ0v) is 20.0. The number of aromatic nitrogens is 2. The topological polar surface area (TPSA) is 103 Å². The average Bonchev–Trinajstić information content (AvgIpc) is 2.84. The van der Waals surface area contributed by atoms with Gasteiger partial charge in [0, 0.05) is 19.7 Å². The van der Waals surface area contributed by atoms with Crippen LogP contribution in [0.2, 0.25) is 0 Å². The highest BCUT2D eigenvalue weighted by Crippen LogP contribution is 2.55. The maximum Gasteiger partial charge on any atom is 0.477 e. The lowest BCUT2D eigenvalue weighted by Gasteiger charge is -2.31. The third-order valence-electron chi connectivity index (χ3n) is 3.79. The molecule has 0 fully saturated rings. The Kier molecular flexibility index (Phi) is 6.74. The number of nitrogens with zero attached hydrogens (tertiary/aromatic N) is 3. The van der Waals surface area contributed by atoms with E-state index in [0.717, 1.165) is 0 Å². The van der Waals surface area contributed by atoms with E-state index in [1.807, 2.05) is 0 Å². The fourth-order valence-electron chi connectivity index (χ4n) is 2.74. The summed E-state index contributed by atoms with van der Waals surface area (Å²) in [4.78, 5) is 18.1. The van der Waals surface area contributed by atoms with Gasteiger partial charge in [-0.25, -0.2) is 9.55 Å². The molecule has 0 aliphatic heterocycles. The smallest absolute Gasteiger partial charge is 0.477 e. The number of fused-ring (bicyclic) bond motifs is 1. The monoisotopic (exact) mass is 441 g/mol. The minimum absolute atomic E-state index is 0.125. The second-order valence-corrected chi connectivity index (χ2v) is 10.8. The van der Waals surface area contributed by atoms with Crippen LogP contribution in [0.1, 0.15) is 57.7 Å². The lowest BCUT2D eigenvalue weighted by molar-refractivity contribution is -0.00586. The Morgan fingerprint density at radius 3 is 2.13 bits per heavy atom. The lowest BCUT2D eigenvalue weighted by atomic mass is 10.1. The number of carbonyl (C=O) groups is 1. The van der Waals surface area contributed by atoms with Crippen molar-refractivity contribution in [3.63, 3.8) is 0 Å². The van der Waals surface area contributed by atoms with Crippen molar-refractivity contribution in [1.82, 2.24) is 14.5 Å². The van der Waals surface area contributed by atoms with E-state index in [-0.39, 0.29) is 18.4 Å². The molecule has 1 aromatic heterocycles. The summed E-state index contributed by atoms with van der Waals surface area (Å²) in [6.45, 7) is 12.0. The molecular weight excluding hydrogens is 409 g/mol. The molecule has 0 radical (unpaired) electrons. The molecule has 10 heteroatoms. The van der Waals surface area contributed by atoms with E-state index in [1.165, 1.54) is 11.0 Å². The molecule has 0 atom stereocenters. The fourth-order valence-corrected chi connectivity index (χ4v) is 4.48. The first-order valence-electron chi connectivity index (χ1n) is 9.59. The minimum Gasteiger partial charge on any atom is -0.506 e. The first kappa shape index (κ1) is 24.3. The Bertz CT molecular complexity index is 965. The number of phenols is 1. The SMILES string of the molecule is Cc1nc2c(O)cc(C(=O)N(C)C)cc2n1COP(=O)(OC(C)(C)C)OC(C)(C)C. The molecule has 168 valence electrons. The van der Waals surface area contributed by atoms with Crippen molar-refractivity contribution < 1.29 is 28.0 Å². The second kappa shape index (κ2) is 8.30. The van der Waals surface area contributed by atoms with Gasteiger partial charge in [-0.05, 0) is 60.6 Å². The second-order valence-electron chi connectivity index (χ2n) is 9.26. The Morgan fingerprint density at radius 1 is 1.13 bits per heavy atom. The summed E-state index contributed by atoms with van der Waals surface area (Å²) in [5.74, 6) is 0.115. The Balaban J connectivity index is 2.45. The van der Waals surface area contributed by atoms with Crippen molar-refractivity contribution in [2.45, 2.75) is 66.4 Å². The molecule has 0 saturated heterocycles. The number of aromatic hydroxyl groups is 1. The highest BCUT2D eigenvalue weighted by Gasteiger charge is 2.37. The summed E-state index contributed by atoms with van der Waals surface area (Å²) in [5, 5.41) is 10.4. The van der Waals surface area contributed by atoms with Crippen molar-refractivity contribution >= 4 is 24.8 Å². The molecule has 0 aliphatic carbocycles. The van der Waals surface area contributed by atoms with Crippen LogP contribution in [-0.4, -0.2) is 50.8 Å². The molecular formula is C20H32N3O6P. The van der Waals surface area contributed by atoms with Crippen LogP contribution >= 0.6 is 7.82 Å². The summed E-state index contributed by atoms with van der Waals surface area (Å²) >= 11 is 0. The van der Waals surface area contributed by atoms with E-state index in [9.17, 15) is 14.5 Å². The van der Waals surface area contributed by atoms with Crippen LogP contribution in [0.3, 0.4) is 0 Å². The number of carbonyl (C=O) groups excluding carboxylic acids is 1. The normalized spacial score (nSPS) is 13.1. The van der Waals surface area contributed by atoms with Gasteiger partial charge in [-0.2, -0.15) is 0 Å². The van der Waals surface area contributed by atoms with Crippen LogP contribution in [0.5, 0.6) is 5.75 Å². The van der Waals surface area contributed by atoms with Crippen LogP contribution in [0.25, 0.3) is 11.0 Å². The molecule has 30 heavy (non-hydrogen) atoms. The Morgan fingerprint density at radius 2 is 1.67 bits per heavy atom. The zero-order chi connectivity index (χ0) is 23.1. The van der Waals surface area contributed by atoms with Gasteiger partial charge in [0.1, 0.15) is 23.8 Å². The fraction of sp³-hybridized carbons (Fsp3) is 0.600. The van der Waals surface area contributed by atoms with Gasteiger partial charge in [-0.1, -0.05) is 0 Å². The summed E-state index contributed by atoms with van der Waals surface area (Å²) in [6.07, 6.45) is 0. The van der Waals surface area contributed by atoms with E-state index in [2.05, 4.69) is 4.98 Å². The van der Waals surface area contributed by atoms with Crippen LogP contribution in [0.15, 0.2) is 12.1 Å². The van der Waals surface area contributed by atoms with Gasteiger partial charge in [0.25, 0.3) is 5.91 Å². The standard InChI is InChI=1S/C20H32N3O6P/c1-13-21-17-15(10-14(11-16(17)24)18(25)22(8)9)23(13)12-27-30(26,28-19(2,3)4)29-20(5,6)7/h10-11,24H,12H2,1-9H3. The van der Waals surface area contributed by atoms with Crippen molar-refractivity contribution in [2.75, 3.05) is 14.1 Å². The summed E-state index contributed by atoms with van der Waals surface area (Å²) in [6, 6.07) is 2.99. The predicted octanol–water partition coefficient (Wildman–Crippen LogP) is 4.46. The third kappa shape index (κ3) is 6.04. The molecule has 0 bridgehead atoms. The maximum absolute atomic E-state index is 13.3. The number of imidazole rings is 1. The van der Waals surface area contributed by atoms with E-state index in [1.54, 1.807) is 73.2 Å². The molecule has 0 saturated carbocycles. The van der Waals surface area contributed by atoms with Gasteiger partial charge in [0.15, 0.2) is 0 Å². The van der Waals surface area contributed by atoms with Crippen LogP contribution in [0.4, 0.5) is 0 Å². The van der Waals surface area contributed by atoms with Crippen LogP contribution in [0, 0.1) is 6.92 Å². The van der Waals surface area contributed by atoms with E-state index >= 15 is 0 Å². The highest BCUT2D eigenvalue weighted by atomic mass is 31.2. The van der Waals surface area contributed by atoms with Gasteiger partial charge >= 0.3 is 7.82 Å². The third-order valence-corrected chi connectivity index (χ3v) is 5.77. The van der Waals surface area contributed by atoms with Gasteiger partial charge in [0.2, 0.25) is 0 Å². The summed E-state index contributed by atoms with van der Waals surface area (Å²) < 4.78 is 31.8. The highest BCUT2D eigenvalue weighted by molar-refractivity contribution is 7.48. The lowest BCUT2D eigenvalue weighted by Crippen LogP contribution is -2.25. The van der Waals surface area contributed by atoms with Gasteiger partial charge in [-0.15, -0.1) is 0 Å². The predicted molar refractivity (Wildman–Crippen MR) is 115 cm³/mol. The number of benzene rings is 1. The van der Waals surface area contributed by atoms with Crippen LogP contribution < -0.4 is 0 Å². The first-order chi connectivity index (χ1) is 13.5. The minimum atomic E-state index is -3.95. The molecule has 1 heterocycles. The molecule has 0 spiro atoms. The number of hydrogen-bond acceptors (Lipinski definition) is 7. The molecule has 9 nitrogen and oxygen atoms in total. The van der Waals surface area contributed by atoms with Crippen molar-refractivity contribution in [2.24, 2.45) is 0 Å². The van der Waals surface area contributed by atoms with Crippen LogP contribution in [-0.2, 0) is 24.9 Å². The molecule has 1 N–H and O–H groups in total. The number of phosphoric acid groups is 1. The van der Waals surface area contributed by atoms with E-state index in [4.69, 9.17) is 13.6 Å². The first-order valence-corrected chi connectivity index (χ1v) is 11.0. The average molecular weight is 441 g/mol. The maximum atomic E-state index is 13.3. The van der Waals surface area contributed by atoms with Gasteiger partial charge < -0.3 is 14.6 Å². The van der Waals surface area contributed by atoms with E-state index in [0.29, 0.717) is 22.4 Å². The molecule has 2 rings (SSSR count). The number of hydrogen-bond donors (Lipinski definition) is 1.